The van der Waals surface area contributed by atoms with Gasteiger partial charge in [-0.3, -0.25) is 4.79 Å². The predicted molar refractivity (Wildman–Crippen MR) is 77.6 cm³/mol. The summed E-state index contributed by atoms with van der Waals surface area (Å²) in [6.07, 6.45) is 1.18. The molecule has 0 heterocycles. The normalized spacial score (nSPS) is 12.4. The fourth-order valence-electron chi connectivity index (χ4n) is 1.78. The van der Waals surface area contributed by atoms with Crippen molar-refractivity contribution >= 4 is 5.91 Å². The summed E-state index contributed by atoms with van der Waals surface area (Å²) in [5.74, 6) is -0.604. The number of nitrogens with two attached hydrogens (primary N) is 1. The zero-order chi connectivity index (χ0) is 15.1. The third-order valence-electron chi connectivity index (χ3n) is 2.91. The molecule has 0 aliphatic rings. The Morgan fingerprint density at radius 1 is 1.35 bits per heavy atom. The molecule has 0 unspecified atom stereocenters. The smallest absolute Gasteiger partial charge is 0.237 e. The Kier molecular flexibility index (Phi) is 6.27. The summed E-state index contributed by atoms with van der Waals surface area (Å²) in [6, 6.07) is 3.76. The molecule has 0 aliphatic carbocycles. The number of carbonyl (C=O) groups is 1. The van der Waals surface area contributed by atoms with Crippen LogP contribution in [-0.4, -0.2) is 54.2 Å². The van der Waals surface area contributed by atoms with Crippen LogP contribution in [0.3, 0.4) is 0 Å². The summed E-state index contributed by atoms with van der Waals surface area (Å²) in [4.78, 5) is 13.8. The average Bonchev–Trinajstić information content (AvgIpc) is 2.38. The third kappa shape index (κ3) is 5.46. The molecular weight excluding hydrogens is 258 g/mol. The second-order valence-electron chi connectivity index (χ2n) is 5.08. The largest absolute Gasteiger partial charge is 0.504 e. The van der Waals surface area contributed by atoms with E-state index in [0.717, 1.165) is 13.0 Å². The minimum atomic E-state index is -0.668. The highest BCUT2D eigenvalue weighted by atomic mass is 16.3. The molecule has 5 N–H and O–H groups in total. The topological polar surface area (TPSA) is 98.8 Å². The Balaban J connectivity index is 2.39. The molecule has 0 aliphatic heterocycles. The monoisotopic (exact) mass is 281 g/mol. The summed E-state index contributed by atoms with van der Waals surface area (Å²) < 4.78 is 0. The van der Waals surface area contributed by atoms with Crippen molar-refractivity contribution in [3.05, 3.63) is 23.8 Å². The van der Waals surface area contributed by atoms with Crippen molar-refractivity contribution in [1.29, 1.82) is 0 Å². The quantitative estimate of drug-likeness (QED) is 0.418. The molecule has 1 aromatic carbocycles. The molecule has 0 spiro atoms. The third-order valence-corrected chi connectivity index (χ3v) is 2.91. The van der Waals surface area contributed by atoms with E-state index in [1.54, 1.807) is 6.07 Å². The van der Waals surface area contributed by atoms with Gasteiger partial charge in [-0.05, 0) is 51.2 Å². The van der Waals surface area contributed by atoms with Crippen molar-refractivity contribution in [3.63, 3.8) is 0 Å². The highest BCUT2D eigenvalue weighted by Gasteiger charge is 2.14. The number of nitrogens with zero attached hydrogens (tertiary/aromatic N) is 1. The minimum Gasteiger partial charge on any atom is -0.504 e. The van der Waals surface area contributed by atoms with Gasteiger partial charge in [0, 0.05) is 6.54 Å². The van der Waals surface area contributed by atoms with Crippen molar-refractivity contribution in [1.82, 2.24) is 10.2 Å². The van der Waals surface area contributed by atoms with E-state index in [0.29, 0.717) is 18.5 Å². The Bertz CT molecular complexity index is 449. The number of hydrogen-bond acceptors (Lipinski definition) is 5. The molecular formula is C14H23N3O3. The zero-order valence-electron chi connectivity index (χ0n) is 12.0. The number of aromatic hydroxyl groups is 2. The van der Waals surface area contributed by atoms with Gasteiger partial charge in [0.15, 0.2) is 11.5 Å². The van der Waals surface area contributed by atoms with Crippen LogP contribution in [0.5, 0.6) is 11.5 Å². The molecule has 20 heavy (non-hydrogen) atoms. The zero-order valence-corrected chi connectivity index (χ0v) is 12.0. The number of phenolic OH excluding ortho intramolecular Hbond substituents is 2. The summed E-state index contributed by atoms with van der Waals surface area (Å²) >= 11 is 0. The van der Waals surface area contributed by atoms with Crippen LogP contribution in [0.2, 0.25) is 0 Å². The highest BCUT2D eigenvalue weighted by Crippen LogP contribution is 2.25. The highest BCUT2D eigenvalue weighted by molar-refractivity contribution is 5.81. The molecule has 0 saturated carbocycles. The Morgan fingerprint density at radius 2 is 2.05 bits per heavy atom. The number of benzene rings is 1. The second-order valence-corrected chi connectivity index (χ2v) is 5.08. The first kappa shape index (κ1) is 16.3. The fraction of sp³-hybridized carbons (Fsp3) is 0.500. The van der Waals surface area contributed by atoms with E-state index in [9.17, 15) is 15.0 Å². The van der Waals surface area contributed by atoms with Crippen molar-refractivity contribution in [2.75, 3.05) is 27.2 Å². The van der Waals surface area contributed by atoms with Gasteiger partial charge in [0.1, 0.15) is 0 Å². The SMILES string of the molecule is CN(C)CCCNC(=O)[C@@H](N)Cc1ccc(O)c(O)c1. The van der Waals surface area contributed by atoms with Crippen molar-refractivity contribution < 1.29 is 15.0 Å². The van der Waals surface area contributed by atoms with Crippen LogP contribution >= 0.6 is 0 Å². The van der Waals surface area contributed by atoms with E-state index in [1.165, 1.54) is 12.1 Å². The molecule has 0 aromatic heterocycles. The van der Waals surface area contributed by atoms with Gasteiger partial charge < -0.3 is 26.2 Å². The molecule has 0 bridgehead atoms. The standard InChI is InChI=1S/C14H23N3O3/c1-17(2)7-3-6-16-14(20)11(15)8-10-4-5-12(18)13(19)9-10/h4-5,9,11,18-19H,3,6-8,15H2,1-2H3,(H,16,20)/t11-/m0/s1. The molecule has 6 heteroatoms. The summed E-state index contributed by atoms with van der Waals surface area (Å²) in [6.45, 7) is 1.49. The summed E-state index contributed by atoms with van der Waals surface area (Å²) in [5, 5.41) is 21.4. The van der Waals surface area contributed by atoms with Crippen LogP contribution in [0, 0.1) is 0 Å². The summed E-state index contributed by atoms with van der Waals surface area (Å²) in [7, 11) is 3.95. The van der Waals surface area contributed by atoms with Crippen LogP contribution in [0.1, 0.15) is 12.0 Å². The lowest BCUT2D eigenvalue weighted by molar-refractivity contribution is -0.122. The lowest BCUT2D eigenvalue weighted by atomic mass is 10.1. The minimum absolute atomic E-state index is 0.185. The van der Waals surface area contributed by atoms with Crippen molar-refractivity contribution in [2.24, 2.45) is 5.73 Å². The van der Waals surface area contributed by atoms with E-state index < -0.39 is 6.04 Å². The Morgan fingerprint density at radius 3 is 2.65 bits per heavy atom. The molecule has 1 rings (SSSR count). The Hall–Kier alpha value is -1.79. The molecule has 1 amide bonds. The van der Waals surface area contributed by atoms with Gasteiger partial charge in [-0.15, -0.1) is 0 Å². The lowest BCUT2D eigenvalue weighted by Gasteiger charge is -2.14. The van der Waals surface area contributed by atoms with E-state index in [-0.39, 0.29) is 17.4 Å². The number of nitrogens with one attached hydrogen (secondary N) is 1. The molecule has 112 valence electrons. The first-order valence-electron chi connectivity index (χ1n) is 6.59. The first-order valence-corrected chi connectivity index (χ1v) is 6.59. The van der Waals surface area contributed by atoms with Gasteiger partial charge in [-0.1, -0.05) is 6.07 Å². The summed E-state index contributed by atoms with van der Waals surface area (Å²) in [5.41, 5.74) is 6.52. The van der Waals surface area contributed by atoms with E-state index >= 15 is 0 Å². The number of phenols is 2. The molecule has 1 aromatic rings. The molecule has 1 atom stereocenters. The number of carbonyl (C=O) groups excluding carboxylic acids is 1. The van der Waals surface area contributed by atoms with Gasteiger partial charge in [0.05, 0.1) is 6.04 Å². The Labute approximate surface area is 119 Å². The number of hydrogen-bond donors (Lipinski definition) is 4. The van der Waals surface area contributed by atoms with E-state index in [2.05, 4.69) is 5.32 Å². The fourth-order valence-corrected chi connectivity index (χ4v) is 1.78. The van der Waals surface area contributed by atoms with Gasteiger partial charge in [-0.2, -0.15) is 0 Å². The molecule has 0 saturated heterocycles. The number of amides is 1. The second kappa shape index (κ2) is 7.72. The average molecular weight is 281 g/mol. The van der Waals surface area contributed by atoms with Gasteiger partial charge in [0.25, 0.3) is 0 Å². The van der Waals surface area contributed by atoms with Gasteiger partial charge >= 0.3 is 0 Å². The van der Waals surface area contributed by atoms with Crippen LogP contribution in [0.4, 0.5) is 0 Å². The van der Waals surface area contributed by atoms with E-state index in [4.69, 9.17) is 5.73 Å². The van der Waals surface area contributed by atoms with Crippen LogP contribution in [-0.2, 0) is 11.2 Å². The van der Waals surface area contributed by atoms with Gasteiger partial charge in [-0.25, -0.2) is 0 Å². The number of rotatable bonds is 7. The van der Waals surface area contributed by atoms with Crippen LogP contribution < -0.4 is 11.1 Å². The molecule has 0 fully saturated rings. The van der Waals surface area contributed by atoms with Crippen molar-refractivity contribution in [2.45, 2.75) is 18.9 Å². The van der Waals surface area contributed by atoms with Crippen LogP contribution in [0.25, 0.3) is 0 Å². The van der Waals surface area contributed by atoms with E-state index in [1.807, 2.05) is 19.0 Å². The van der Waals surface area contributed by atoms with Crippen molar-refractivity contribution in [3.8, 4) is 11.5 Å². The predicted octanol–water partition coefficient (Wildman–Crippen LogP) is 0.0355. The van der Waals surface area contributed by atoms with Gasteiger partial charge in [0.2, 0.25) is 5.91 Å². The maximum Gasteiger partial charge on any atom is 0.237 e. The maximum atomic E-state index is 11.8. The maximum absolute atomic E-state index is 11.8. The molecule has 0 radical (unpaired) electrons. The lowest BCUT2D eigenvalue weighted by Crippen LogP contribution is -2.42. The molecule has 6 nitrogen and oxygen atoms in total. The first-order chi connectivity index (χ1) is 9.40. The van der Waals surface area contributed by atoms with Crippen LogP contribution in [0.15, 0.2) is 18.2 Å².